The van der Waals surface area contributed by atoms with E-state index in [1.807, 2.05) is 38.1 Å². The van der Waals surface area contributed by atoms with Crippen molar-refractivity contribution in [3.05, 3.63) is 29.8 Å². The SMILES string of the molecule is COc1ccc(C(C)(C)CNC(=O)C2(C(=O)O)CC2)cc1. The number of carbonyl (C=O) groups excluding carboxylic acids is 1. The first-order chi connectivity index (χ1) is 9.82. The number of hydrogen-bond acceptors (Lipinski definition) is 3. The Morgan fingerprint density at radius 3 is 2.29 bits per heavy atom. The van der Waals surface area contributed by atoms with Gasteiger partial charge in [0.2, 0.25) is 5.91 Å². The summed E-state index contributed by atoms with van der Waals surface area (Å²) < 4.78 is 5.12. The van der Waals surface area contributed by atoms with Crippen molar-refractivity contribution in [2.24, 2.45) is 5.41 Å². The number of hydrogen-bond donors (Lipinski definition) is 2. The zero-order chi connectivity index (χ0) is 15.7. The van der Waals surface area contributed by atoms with E-state index in [1.165, 1.54) is 0 Å². The summed E-state index contributed by atoms with van der Waals surface area (Å²) in [5.41, 5.74) is -0.407. The molecule has 21 heavy (non-hydrogen) atoms. The first kappa shape index (κ1) is 15.4. The first-order valence-electron chi connectivity index (χ1n) is 6.98. The van der Waals surface area contributed by atoms with Gasteiger partial charge in [-0.05, 0) is 30.5 Å². The van der Waals surface area contributed by atoms with Gasteiger partial charge in [0.1, 0.15) is 11.2 Å². The fourth-order valence-corrected chi connectivity index (χ4v) is 2.28. The summed E-state index contributed by atoms with van der Waals surface area (Å²) in [6.07, 6.45) is 0.855. The lowest BCUT2D eigenvalue weighted by Gasteiger charge is -2.26. The third kappa shape index (κ3) is 3.01. The molecule has 0 atom stereocenters. The summed E-state index contributed by atoms with van der Waals surface area (Å²) >= 11 is 0. The minimum absolute atomic E-state index is 0.281. The molecule has 1 aromatic carbocycles. The van der Waals surface area contributed by atoms with E-state index in [4.69, 9.17) is 9.84 Å². The van der Waals surface area contributed by atoms with Crippen molar-refractivity contribution in [3.63, 3.8) is 0 Å². The molecule has 0 saturated heterocycles. The standard InChI is InChI=1S/C16H21NO4/c1-15(2,11-4-6-12(21-3)7-5-11)10-17-13(18)16(8-9-16)14(19)20/h4-7H,8-10H2,1-3H3,(H,17,18)(H,19,20). The molecule has 1 aliphatic rings. The molecule has 0 heterocycles. The maximum Gasteiger partial charge on any atom is 0.319 e. The highest BCUT2D eigenvalue weighted by molar-refractivity contribution is 6.04. The van der Waals surface area contributed by atoms with Crippen LogP contribution in [0.25, 0.3) is 0 Å². The topological polar surface area (TPSA) is 75.6 Å². The molecule has 1 amide bonds. The molecule has 1 aliphatic carbocycles. The second kappa shape index (κ2) is 5.39. The van der Waals surface area contributed by atoms with Crippen LogP contribution in [0.15, 0.2) is 24.3 Å². The van der Waals surface area contributed by atoms with Gasteiger partial charge in [0, 0.05) is 12.0 Å². The molecule has 0 aliphatic heterocycles. The van der Waals surface area contributed by atoms with E-state index in [-0.39, 0.29) is 11.3 Å². The molecule has 0 aromatic heterocycles. The second-order valence-electron chi connectivity index (χ2n) is 6.18. The Bertz CT molecular complexity index is 544. The number of carboxylic acid groups (broad SMARTS) is 1. The van der Waals surface area contributed by atoms with Crippen molar-refractivity contribution in [2.75, 3.05) is 13.7 Å². The van der Waals surface area contributed by atoms with Crippen molar-refractivity contribution in [1.29, 1.82) is 0 Å². The van der Waals surface area contributed by atoms with Crippen molar-refractivity contribution in [3.8, 4) is 5.75 Å². The van der Waals surface area contributed by atoms with Crippen LogP contribution in [0.1, 0.15) is 32.3 Å². The van der Waals surface area contributed by atoms with Crippen LogP contribution in [0.4, 0.5) is 0 Å². The zero-order valence-corrected chi connectivity index (χ0v) is 12.6. The van der Waals surface area contributed by atoms with E-state index in [0.29, 0.717) is 19.4 Å². The van der Waals surface area contributed by atoms with Gasteiger partial charge in [0.15, 0.2) is 0 Å². The monoisotopic (exact) mass is 291 g/mol. The summed E-state index contributed by atoms with van der Waals surface area (Å²) in [6, 6.07) is 7.65. The van der Waals surface area contributed by atoms with Gasteiger partial charge in [-0.25, -0.2) is 0 Å². The number of ether oxygens (including phenoxy) is 1. The fraction of sp³-hybridized carbons (Fsp3) is 0.500. The van der Waals surface area contributed by atoms with Gasteiger partial charge in [0.05, 0.1) is 7.11 Å². The lowest BCUT2D eigenvalue weighted by atomic mass is 9.84. The van der Waals surface area contributed by atoms with E-state index in [9.17, 15) is 9.59 Å². The van der Waals surface area contributed by atoms with E-state index in [2.05, 4.69) is 5.32 Å². The normalized spacial score (nSPS) is 16.1. The molecule has 5 heteroatoms. The Balaban J connectivity index is 2.00. The quantitative estimate of drug-likeness (QED) is 0.786. The Morgan fingerprint density at radius 1 is 1.29 bits per heavy atom. The van der Waals surface area contributed by atoms with E-state index >= 15 is 0 Å². The number of aliphatic carboxylic acids is 1. The van der Waals surface area contributed by atoms with Gasteiger partial charge in [0.25, 0.3) is 0 Å². The van der Waals surface area contributed by atoms with Crippen LogP contribution >= 0.6 is 0 Å². The number of carboxylic acids is 1. The maximum atomic E-state index is 12.0. The lowest BCUT2D eigenvalue weighted by molar-refractivity contribution is -0.149. The zero-order valence-electron chi connectivity index (χ0n) is 12.6. The molecular formula is C16H21NO4. The molecule has 0 unspecified atom stereocenters. The van der Waals surface area contributed by atoms with Gasteiger partial charge in [-0.1, -0.05) is 26.0 Å². The Morgan fingerprint density at radius 2 is 1.86 bits per heavy atom. The average Bonchev–Trinajstić information content (AvgIpc) is 3.26. The summed E-state index contributed by atoms with van der Waals surface area (Å²) in [5, 5.41) is 11.9. The third-order valence-electron chi connectivity index (χ3n) is 4.16. The minimum Gasteiger partial charge on any atom is -0.497 e. The van der Waals surface area contributed by atoms with E-state index in [1.54, 1.807) is 7.11 Å². The van der Waals surface area contributed by atoms with Crippen LogP contribution in [0.3, 0.4) is 0 Å². The van der Waals surface area contributed by atoms with Crippen molar-refractivity contribution >= 4 is 11.9 Å². The molecule has 2 N–H and O–H groups in total. The summed E-state index contributed by atoms with van der Waals surface area (Å²) in [4.78, 5) is 23.2. The third-order valence-corrected chi connectivity index (χ3v) is 4.16. The molecule has 1 saturated carbocycles. The Hall–Kier alpha value is -2.04. The van der Waals surface area contributed by atoms with Crippen LogP contribution in [0, 0.1) is 5.41 Å². The van der Waals surface area contributed by atoms with Gasteiger partial charge >= 0.3 is 5.97 Å². The van der Waals surface area contributed by atoms with Crippen LogP contribution in [0.5, 0.6) is 5.75 Å². The van der Waals surface area contributed by atoms with E-state index < -0.39 is 11.4 Å². The lowest BCUT2D eigenvalue weighted by Crippen LogP contribution is -2.42. The maximum absolute atomic E-state index is 12.0. The van der Waals surface area contributed by atoms with Gasteiger partial charge in [-0.3, -0.25) is 9.59 Å². The van der Waals surface area contributed by atoms with Crippen LogP contribution < -0.4 is 10.1 Å². The molecule has 1 fully saturated rings. The average molecular weight is 291 g/mol. The number of nitrogens with one attached hydrogen (secondary N) is 1. The van der Waals surface area contributed by atoms with E-state index in [0.717, 1.165) is 11.3 Å². The number of amides is 1. The van der Waals surface area contributed by atoms with Gasteiger partial charge < -0.3 is 15.2 Å². The molecule has 5 nitrogen and oxygen atoms in total. The predicted octanol–water partition coefficient (Wildman–Crippen LogP) is 1.95. The highest BCUT2D eigenvalue weighted by atomic mass is 16.5. The molecule has 0 radical (unpaired) electrons. The first-order valence-corrected chi connectivity index (χ1v) is 6.98. The summed E-state index contributed by atoms with van der Waals surface area (Å²) in [5.74, 6) is -0.625. The van der Waals surface area contributed by atoms with Gasteiger partial charge in [-0.15, -0.1) is 0 Å². The molecule has 1 aromatic rings. The molecule has 0 bridgehead atoms. The number of carbonyl (C=O) groups is 2. The van der Waals surface area contributed by atoms with Crippen molar-refractivity contribution in [1.82, 2.24) is 5.32 Å². The van der Waals surface area contributed by atoms with Crippen LogP contribution in [-0.2, 0) is 15.0 Å². The Labute approximate surface area is 124 Å². The summed E-state index contributed by atoms with van der Waals surface area (Å²) in [7, 11) is 1.61. The van der Waals surface area contributed by atoms with Gasteiger partial charge in [-0.2, -0.15) is 0 Å². The highest BCUT2D eigenvalue weighted by Gasteiger charge is 2.57. The smallest absolute Gasteiger partial charge is 0.319 e. The molecular weight excluding hydrogens is 270 g/mol. The van der Waals surface area contributed by atoms with Crippen molar-refractivity contribution < 1.29 is 19.4 Å². The van der Waals surface area contributed by atoms with Crippen molar-refractivity contribution in [2.45, 2.75) is 32.1 Å². The number of benzene rings is 1. The molecule has 2 rings (SSSR count). The largest absolute Gasteiger partial charge is 0.497 e. The Kier molecular flexibility index (Phi) is 3.94. The number of methoxy groups -OCH3 is 1. The predicted molar refractivity (Wildman–Crippen MR) is 78.3 cm³/mol. The summed E-state index contributed by atoms with van der Waals surface area (Å²) in [6.45, 7) is 4.41. The minimum atomic E-state index is -1.18. The van der Waals surface area contributed by atoms with Crippen LogP contribution in [-0.4, -0.2) is 30.6 Å². The number of rotatable bonds is 6. The molecule has 114 valence electrons. The van der Waals surface area contributed by atoms with Crippen LogP contribution in [0.2, 0.25) is 0 Å². The molecule has 0 spiro atoms. The highest BCUT2D eigenvalue weighted by Crippen LogP contribution is 2.46. The second-order valence-corrected chi connectivity index (χ2v) is 6.18. The fourth-order valence-electron chi connectivity index (χ4n) is 2.28.